The van der Waals surface area contributed by atoms with Crippen LogP contribution in [0.15, 0.2) is 18.2 Å². The number of hydrogen-bond donors (Lipinski definition) is 4. The number of rotatable bonds is 6. The molecule has 1 aromatic rings. The van der Waals surface area contributed by atoms with Gasteiger partial charge in [-0.1, -0.05) is 26.0 Å². The van der Waals surface area contributed by atoms with Gasteiger partial charge in [0.25, 0.3) is 5.91 Å². The third-order valence-electron chi connectivity index (χ3n) is 5.28. The Morgan fingerprint density at radius 3 is 2.63 bits per heavy atom. The lowest BCUT2D eigenvalue weighted by Crippen LogP contribution is -2.52. The van der Waals surface area contributed by atoms with Gasteiger partial charge >= 0.3 is 6.09 Å². The Morgan fingerprint density at radius 2 is 2.00 bits per heavy atom. The molecule has 0 aliphatic carbocycles. The quantitative estimate of drug-likeness (QED) is 0.493. The van der Waals surface area contributed by atoms with Gasteiger partial charge in [-0.25, -0.2) is 4.79 Å². The molecule has 30 heavy (non-hydrogen) atoms. The highest BCUT2D eigenvalue weighted by atomic mass is 16.4. The van der Waals surface area contributed by atoms with Gasteiger partial charge in [-0.3, -0.25) is 24.5 Å². The van der Waals surface area contributed by atoms with Crippen molar-refractivity contribution in [3.8, 4) is 0 Å². The third kappa shape index (κ3) is 4.42. The molecule has 2 aliphatic heterocycles. The van der Waals surface area contributed by atoms with Crippen LogP contribution in [0.3, 0.4) is 0 Å². The van der Waals surface area contributed by atoms with Crippen molar-refractivity contribution in [2.75, 3.05) is 0 Å². The van der Waals surface area contributed by atoms with Crippen LogP contribution in [0.25, 0.3) is 0 Å². The first-order chi connectivity index (χ1) is 14.2. The molecule has 1 fully saturated rings. The number of amides is 5. The zero-order valence-electron chi connectivity index (χ0n) is 16.7. The van der Waals surface area contributed by atoms with Crippen molar-refractivity contribution in [3.05, 3.63) is 34.9 Å². The molecule has 4 N–H and O–H groups in total. The van der Waals surface area contributed by atoms with Crippen LogP contribution in [0, 0.1) is 5.92 Å². The van der Waals surface area contributed by atoms with E-state index < -0.39 is 30.0 Å². The number of carboxylic acid groups (broad SMARTS) is 1. The number of carbonyl (C=O) groups is 5. The Balaban J connectivity index is 1.66. The molecule has 2 atom stereocenters. The normalized spacial score (nSPS) is 19.4. The van der Waals surface area contributed by atoms with Crippen LogP contribution in [0.5, 0.6) is 0 Å². The first kappa shape index (κ1) is 21.3. The average Bonchev–Trinajstić information content (AvgIpc) is 2.99. The van der Waals surface area contributed by atoms with Crippen LogP contribution in [-0.2, 0) is 27.5 Å². The molecule has 10 nitrogen and oxygen atoms in total. The SMILES string of the molecule is CC(C)C(NC(=O)O)C(=O)NCc1ccc2c(c1)CN(C1CCC(=O)NC1=O)C2=O. The summed E-state index contributed by atoms with van der Waals surface area (Å²) in [5.74, 6) is -1.73. The summed E-state index contributed by atoms with van der Waals surface area (Å²) in [6.45, 7) is 3.90. The Hall–Kier alpha value is -3.43. The number of carbonyl (C=O) groups excluding carboxylic acids is 4. The van der Waals surface area contributed by atoms with Crippen LogP contribution in [-0.4, -0.2) is 51.8 Å². The van der Waals surface area contributed by atoms with E-state index in [1.807, 2.05) is 0 Å². The number of piperidine rings is 1. The highest BCUT2D eigenvalue weighted by molar-refractivity contribution is 6.05. The molecule has 2 unspecified atom stereocenters. The smallest absolute Gasteiger partial charge is 0.405 e. The number of nitrogens with zero attached hydrogens (tertiary/aromatic N) is 1. The van der Waals surface area contributed by atoms with E-state index >= 15 is 0 Å². The van der Waals surface area contributed by atoms with E-state index in [0.717, 1.165) is 11.1 Å². The molecule has 2 aliphatic rings. The maximum atomic E-state index is 12.7. The van der Waals surface area contributed by atoms with E-state index in [4.69, 9.17) is 5.11 Å². The van der Waals surface area contributed by atoms with Gasteiger partial charge in [0.2, 0.25) is 17.7 Å². The van der Waals surface area contributed by atoms with Gasteiger partial charge in [0.05, 0.1) is 0 Å². The number of hydrogen-bond acceptors (Lipinski definition) is 5. The fraction of sp³-hybridized carbons (Fsp3) is 0.450. The van der Waals surface area contributed by atoms with Crippen LogP contribution in [0.1, 0.15) is 48.2 Å². The highest BCUT2D eigenvalue weighted by Gasteiger charge is 2.39. The van der Waals surface area contributed by atoms with Crippen molar-refractivity contribution in [1.29, 1.82) is 0 Å². The molecular formula is C20H24N4O6. The molecule has 10 heteroatoms. The Morgan fingerprint density at radius 1 is 1.27 bits per heavy atom. The first-order valence-electron chi connectivity index (χ1n) is 9.71. The molecule has 3 rings (SSSR count). The van der Waals surface area contributed by atoms with Gasteiger partial charge in [-0.05, 0) is 29.5 Å². The number of nitrogens with one attached hydrogen (secondary N) is 3. The molecule has 1 aromatic carbocycles. The van der Waals surface area contributed by atoms with E-state index in [2.05, 4.69) is 16.0 Å². The van der Waals surface area contributed by atoms with Crippen molar-refractivity contribution in [2.45, 2.75) is 51.9 Å². The summed E-state index contributed by atoms with van der Waals surface area (Å²) in [5.41, 5.74) is 1.97. The van der Waals surface area contributed by atoms with E-state index in [9.17, 15) is 24.0 Å². The first-order valence-corrected chi connectivity index (χ1v) is 9.71. The van der Waals surface area contributed by atoms with E-state index in [1.165, 1.54) is 4.90 Å². The van der Waals surface area contributed by atoms with Crippen LogP contribution >= 0.6 is 0 Å². The summed E-state index contributed by atoms with van der Waals surface area (Å²) in [6.07, 6.45) is -0.788. The summed E-state index contributed by atoms with van der Waals surface area (Å²) < 4.78 is 0. The fourth-order valence-electron chi connectivity index (χ4n) is 3.70. The second-order valence-electron chi connectivity index (χ2n) is 7.78. The summed E-state index contributed by atoms with van der Waals surface area (Å²) in [7, 11) is 0. The molecule has 1 saturated heterocycles. The topological polar surface area (TPSA) is 145 Å². The monoisotopic (exact) mass is 416 g/mol. The van der Waals surface area contributed by atoms with Gasteiger partial charge in [0, 0.05) is 25.1 Å². The van der Waals surface area contributed by atoms with Gasteiger partial charge in [0.15, 0.2) is 0 Å². The van der Waals surface area contributed by atoms with Gasteiger partial charge < -0.3 is 20.6 Å². The zero-order chi connectivity index (χ0) is 22.0. The maximum absolute atomic E-state index is 12.7. The zero-order valence-corrected chi connectivity index (χ0v) is 16.7. The molecule has 0 spiro atoms. The Labute approximate surface area is 173 Å². The van der Waals surface area contributed by atoms with Crippen molar-refractivity contribution < 1.29 is 29.1 Å². The lowest BCUT2D eigenvalue weighted by atomic mass is 10.0. The van der Waals surface area contributed by atoms with Crippen molar-refractivity contribution in [2.24, 2.45) is 5.92 Å². The van der Waals surface area contributed by atoms with Gasteiger partial charge in [0.1, 0.15) is 12.1 Å². The van der Waals surface area contributed by atoms with Crippen molar-refractivity contribution in [1.82, 2.24) is 20.9 Å². The minimum atomic E-state index is -1.27. The summed E-state index contributed by atoms with van der Waals surface area (Å²) >= 11 is 0. The molecule has 0 bridgehead atoms. The predicted molar refractivity (Wildman–Crippen MR) is 104 cm³/mol. The average molecular weight is 416 g/mol. The summed E-state index contributed by atoms with van der Waals surface area (Å²) in [5, 5.41) is 16.1. The molecular weight excluding hydrogens is 392 g/mol. The van der Waals surface area contributed by atoms with Crippen LogP contribution < -0.4 is 16.0 Å². The lowest BCUT2D eigenvalue weighted by molar-refractivity contribution is -0.137. The van der Waals surface area contributed by atoms with E-state index in [-0.39, 0.29) is 37.2 Å². The summed E-state index contributed by atoms with van der Waals surface area (Å²) in [6, 6.07) is 3.59. The molecule has 5 amide bonds. The second kappa shape index (κ2) is 8.52. The highest BCUT2D eigenvalue weighted by Crippen LogP contribution is 2.28. The largest absolute Gasteiger partial charge is 0.465 e. The number of benzene rings is 1. The lowest BCUT2D eigenvalue weighted by Gasteiger charge is -2.29. The van der Waals surface area contributed by atoms with Crippen molar-refractivity contribution >= 4 is 29.7 Å². The van der Waals surface area contributed by atoms with Crippen molar-refractivity contribution in [3.63, 3.8) is 0 Å². The molecule has 160 valence electrons. The Kier molecular flexibility index (Phi) is 6.04. The number of imide groups is 1. The maximum Gasteiger partial charge on any atom is 0.405 e. The predicted octanol–water partition coefficient (Wildman–Crippen LogP) is 0.356. The molecule has 2 heterocycles. The minimum Gasteiger partial charge on any atom is -0.465 e. The van der Waals surface area contributed by atoms with E-state index in [0.29, 0.717) is 12.0 Å². The van der Waals surface area contributed by atoms with Gasteiger partial charge in [-0.2, -0.15) is 0 Å². The second-order valence-corrected chi connectivity index (χ2v) is 7.78. The number of fused-ring (bicyclic) bond motifs is 1. The molecule has 0 radical (unpaired) electrons. The molecule has 0 aromatic heterocycles. The van der Waals surface area contributed by atoms with Crippen LogP contribution in [0.4, 0.5) is 4.79 Å². The third-order valence-corrected chi connectivity index (χ3v) is 5.28. The fourth-order valence-corrected chi connectivity index (χ4v) is 3.70. The van der Waals surface area contributed by atoms with Crippen LogP contribution in [0.2, 0.25) is 0 Å². The summed E-state index contributed by atoms with van der Waals surface area (Å²) in [4.78, 5) is 60.8. The van der Waals surface area contributed by atoms with E-state index in [1.54, 1.807) is 32.0 Å². The standard InChI is InChI=1S/C20H24N4O6/c1-10(2)16(23-20(29)30)18(27)21-8-11-3-4-13-12(7-11)9-24(19(13)28)14-5-6-15(25)22-17(14)26/h3-4,7,10,14,16,23H,5-6,8-9H2,1-2H3,(H,21,27)(H,29,30)(H,22,25,26). The Bertz CT molecular complexity index is 913. The van der Waals surface area contributed by atoms with Gasteiger partial charge in [-0.15, -0.1) is 0 Å². The minimum absolute atomic E-state index is 0.170. The molecule has 0 saturated carbocycles.